The fourth-order valence-electron chi connectivity index (χ4n) is 1.65. The van der Waals surface area contributed by atoms with E-state index in [-0.39, 0.29) is 18.6 Å². The van der Waals surface area contributed by atoms with E-state index in [1.807, 2.05) is 24.7 Å². The summed E-state index contributed by atoms with van der Waals surface area (Å²) in [5.74, 6) is 0. The first-order valence-electron chi connectivity index (χ1n) is 5.36. The molecule has 1 aromatic heterocycles. The van der Waals surface area contributed by atoms with Crippen LogP contribution in [0.4, 0.5) is 0 Å². The van der Waals surface area contributed by atoms with Crippen LogP contribution in [-0.2, 0) is 13.5 Å². The van der Waals surface area contributed by atoms with Gasteiger partial charge in [-0.3, -0.25) is 4.68 Å². The molecule has 0 bridgehead atoms. The van der Waals surface area contributed by atoms with Gasteiger partial charge in [0.15, 0.2) is 0 Å². The molecular weight excluding hydrogens is 192 g/mol. The van der Waals surface area contributed by atoms with E-state index < -0.39 is 0 Å². The molecule has 0 aliphatic heterocycles. The summed E-state index contributed by atoms with van der Waals surface area (Å²) in [6.07, 6.45) is 4.18. The minimum absolute atomic E-state index is 0.0395. The van der Waals surface area contributed by atoms with Crippen molar-refractivity contribution >= 4 is 0 Å². The van der Waals surface area contributed by atoms with Crippen molar-refractivity contribution in [1.29, 1.82) is 0 Å². The first-order chi connectivity index (χ1) is 7.17. The lowest BCUT2D eigenvalue weighted by Crippen LogP contribution is -2.29. The lowest BCUT2D eigenvalue weighted by atomic mass is 9.82. The molecule has 0 fully saturated rings. The highest BCUT2D eigenvalue weighted by Gasteiger charge is 2.26. The van der Waals surface area contributed by atoms with E-state index in [9.17, 15) is 10.2 Å². The molecular formula is C11H20N2O2. The first-order valence-corrected chi connectivity index (χ1v) is 5.36. The molecule has 4 heteroatoms. The Kier molecular flexibility index (Phi) is 4.29. The van der Waals surface area contributed by atoms with Crippen LogP contribution in [0.5, 0.6) is 0 Å². The summed E-state index contributed by atoms with van der Waals surface area (Å²) in [5.41, 5.74) is 0.791. The molecule has 15 heavy (non-hydrogen) atoms. The van der Waals surface area contributed by atoms with Gasteiger partial charge < -0.3 is 10.2 Å². The highest BCUT2D eigenvalue weighted by Crippen LogP contribution is 2.26. The number of aromatic nitrogens is 2. The normalized spacial score (nSPS) is 12.0. The Morgan fingerprint density at radius 1 is 1.40 bits per heavy atom. The lowest BCUT2D eigenvalue weighted by molar-refractivity contribution is 0.0437. The minimum atomic E-state index is -0.343. The zero-order valence-electron chi connectivity index (χ0n) is 9.48. The van der Waals surface area contributed by atoms with Gasteiger partial charge in [-0.1, -0.05) is 6.92 Å². The molecule has 0 aromatic carbocycles. The van der Waals surface area contributed by atoms with E-state index >= 15 is 0 Å². The third-order valence-electron chi connectivity index (χ3n) is 3.25. The monoisotopic (exact) mass is 212 g/mol. The van der Waals surface area contributed by atoms with Gasteiger partial charge in [-0.25, -0.2) is 0 Å². The topological polar surface area (TPSA) is 58.3 Å². The Labute approximate surface area is 90.5 Å². The van der Waals surface area contributed by atoms with Gasteiger partial charge in [0.2, 0.25) is 0 Å². The van der Waals surface area contributed by atoms with E-state index in [4.69, 9.17) is 0 Å². The van der Waals surface area contributed by atoms with E-state index in [1.165, 1.54) is 0 Å². The Morgan fingerprint density at radius 2 is 2.07 bits per heavy atom. The summed E-state index contributed by atoms with van der Waals surface area (Å²) < 4.78 is 1.83. The molecule has 0 saturated carbocycles. The van der Waals surface area contributed by atoms with Gasteiger partial charge in [0.05, 0.1) is 13.2 Å². The van der Waals surface area contributed by atoms with Gasteiger partial charge in [-0.05, 0) is 25.3 Å². The summed E-state index contributed by atoms with van der Waals surface area (Å²) in [5, 5.41) is 22.7. The number of hydrogen-bond donors (Lipinski definition) is 2. The zero-order valence-corrected chi connectivity index (χ0v) is 9.48. The highest BCUT2D eigenvalue weighted by molar-refractivity contribution is 5.01. The van der Waals surface area contributed by atoms with Crippen molar-refractivity contribution in [2.75, 3.05) is 13.2 Å². The minimum Gasteiger partial charge on any atom is -0.396 e. The van der Waals surface area contributed by atoms with Crippen molar-refractivity contribution in [1.82, 2.24) is 9.78 Å². The van der Waals surface area contributed by atoms with Crippen molar-refractivity contribution in [3.63, 3.8) is 0 Å². The van der Waals surface area contributed by atoms with Crippen molar-refractivity contribution in [2.24, 2.45) is 12.5 Å². The molecule has 86 valence electrons. The maximum Gasteiger partial charge on any atom is 0.0509 e. The standard InChI is InChI=1S/C11H20N2O2/c1-3-11(8-14,9-15)6-4-10-5-7-12-13(10)2/h5,7,14-15H,3-4,6,8-9H2,1-2H3. The van der Waals surface area contributed by atoms with Crippen LogP contribution in [0.3, 0.4) is 0 Å². The van der Waals surface area contributed by atoms with Crippen LogP contribution in [0.2, 0.25) is 0 Å². The third kappa shape index (κ3) is 2.79. The summed E-state index contributed by atoms with van der Waals surface area (Å²) in [7, 11) is 1.90. The largest absolute Gasteiger partial charge is 0.396 e. The molecule has 1 rings (SSSR count). The smallest absolute Gasteiger partial charge is 0.0509 e. The number of nitrogens with zero attached hydrogens (tertiary/aromatic N) is 2. The third-order valence-corrected chi connectivity index (χ3v) is 3.25. The quantitative estimate of drug-likeness (QED) is 0.731. The number of aliphatic hydroxyl groups excluding tert-OH is 2. The average Bonchev–Trinajstić information content (AvgIpc) is 2.67. The average molecular weight is 212 g/mol. The van der Waals surface area contributed by atoms with Crippen molar-refractivity contribution < 1.29 is 10.2 Å². The van der Waals surface area contributed by atoms with Crippen LogP contribution < -0.4 is 0 Å². The van der Waals surface area contributed by atoms with Crippen LogP contribution in [0.25, 0.3) is 0 Å². The predicted molar refractivity (Wildman–Crippen MR) is 58.4 cm³/mol. The number of aryl methyl sites for hydroxylation is 2. The maximum atomic E-state index is 9.29. The summed E-state index contributed by atoms with van der Waals surface area (Å²) in [6, 6.07) is 1.97. The highest BCUT2D eigenvalue weighted by atomic mass is 16.3. The van der Waals surface area contributed by atoms with E-state index in [1.54, 1.807) is 6.20 Å². The second kappa shape index (κ2) is 5.28. The van der Waals surface area contributed by atoms with Crippen molar-refractivity contribution in [3.05, 3.63) is 18.0 Å². The van der Waals surface area contributed by atoms with E-state index in [0.717, 1.165) is 25.0 Å². The van der Waals surface area contributed by atoms with Gasteiger partial charge in [0, 0.05) is 24.4 Å². The summed E-state index contributed by atoms with van der Waals surface area (Å²) in [6.45, 7) is 2.07. The molecule has 0 aliphatic carbocycles. The van der Waals surface area contributed by atoms with Crippen LogP contribution in [0, 0.1) is 5.41 Å². The van der Waals surface area contributed by atoms with Gasteiger partial charge in [0.25, 0.3) is 0 Å². The predicted octanol–water partition coefficient (Wildman–Crippen LogP) is 0.734. The molecule has 0 spiro atoms. The van der Waals surface area contributed by atoms with E-state index in [2.05, 4.69) is 5.10 Å². The van der Waals surface area contributed by atoms with Crippen molar-refractivity contribution in [2.45, 2.75) is 26.2 Å². The number of rotatable bonds is 6. The number of aliphatic hydroxyl groups is 2. The van der Waals surface area contributed by atoms with Gasteiger partial charge in [-0.2, -0.15) is 5.10 Å². The molecule has 0 atom stereocenters. The second-order valence-corrected chi connectivity index (χ2v) is 4.12. The molecule has 0 aliphatic rings. The first kappa shape index (κ1) is 12.2. The maximum absolute atomic E-state index is 9.29. The number of hydrogen-bond acceptors (Lipinski definition) is 3. The Morgan fingerprint density at radius 3 is 2.47 bits per heavy atom. The van der Waals surface area contributed by atoms with Gasteiger partial charge in [0.1, 0.15) is 0 Å². The molecule has 1 aromatic rings. The van der Waals surface area contributed by atoms with E-state index in [0.29, 0.717) is 0 Å². The molecule has 4 nitrogen and oxygen atoms in total. The SMILES string of the molecule is CCC(CO)(CO)CCc1ccnn1C. The van der Waals surface area contributed by atoms with Gasteiger partial charge in [-0.15, -0.1) is 0 Å². The molecule has 0 amide bonds. The molecule has 2 N–H and O–H groups in total. The van der Waals surface area contributed by atoms with Crippen LogP contribution in [0.15, 0.2) is 12.3 Å². The summed E-state index contributed by atoms with van der Waals surface area (Å²) >= 11 is 0. The molecule has 0 unspecified atom stereocenters. The Balaban J connectivity index is 2.58. The van der Waals surface area contributed by atoms with Crippen LogP contribution >= 0.6 is 0 Å². The fraction of sp³-hybridized carbons (Fsp3) is 0.727. The molecule has 0 radical (unpaired) electrons. The Hall–Kier alpha value is -0.870. The molecule has 1 heterocycles. The zero-order chi connectivity index (χ0) is 11.3. The van der Waals surface area contributed by atoms with Crippen molar-refractivity contribution in [3.8, 4) is 0 Å². The Bertz CT molecular complexity index is 284. The lowest BCUT2D eigenvalue weighted by Gasteiger charge is -2.28. The summed E-state index contributed by atoms with van der Waals surface area (Å²) in [4.78, 5) is 0. The van der Waals surface area contributed by atoms with Crippen LogP contribution in [0.1, 0.15) is 25.5 Å². The molecule has 0 saturated heterocycles. The van der Waals surface area contributed by atoms with Gasteiger partial charge >= 0.3 is 0 Å². The second-order valence-electron chi connectivity index (χ2n) is 4.12. The fourth-order valence-corrected chi connectivity index (χ4v) is 1.65. The van der Waals surface area contributed by atoms with Crippen LogP contribution in [-0.4, -0.2) is 33.2 Å².